The summed E-state index contributed by atoms with van der Waals surface area (Å²) in [6.45, 7) is 15.3. The molecule has 0 aromatic heterocycles. The average molecular weight is 413 g/mol. The molecule has 7 atom stereocenters. The highest BCUT2D eigenvalue weighted by atomic mass is 16.3. The lowest BCUT2D eigenvalue weighted by Gasteiger charge is -2.44. The monoisotopic (exact) mass is 412 g/mol. The lowest BCUT2D eigenvalue weighted by atomic mass is 9.61. The van der Waals surface area contributed by atoms with Crippen molar-refractivity contribution in [3.63, 3.8) is 0 Å². The second-order valence-corrected chi connectivity index (χ2v) is 12.1. The molecule has 0 saturated heterocycles. The van der Waals surface area contributed by atoms with Crippen molar-refractivity contribution in [2.45, 2.75) is 104 Å². The van der Waals surface area contributed by atoms with Crippen LogP contribution in [0.1, 0.15) is 92.4 Å². The van der Waals surface area contributed by atoms with Crippen LogP contribution in [0.4, 0.5) is 0 Å². The van der Waals surface area contributed by atoms with E-state index in [-0.39, 0.29) is 11.3 Å². The van der Waals surface area contributed by atoms with Crippen molar-refractivity contribution in [3.8, 4) is 0 Å². The van der Waals surface area contributed by atoms with Crippen molar-refractivity contribution in [2.75, 3.05) is 0 Å². The number of aliphatic hydroxyl groups is 2. The zero-order chi connectivity index (χ0) is 21.9. The molecule has 0 amide bonds. The Hall–Kier alpha value is -0.860. The molecular weight excluding hydrogens is 368 g/mol. The van der Waals surface area contributed by atoms with Crippen molar-refractivity contribution in [2.24, 2.45) is 34.5 Å². The van der Waals surface area contributed by atoms with E-state index >= 15 is 0 Å². The lowest BCUT2D eigenvalue weighted by molar-refractivity contribution is 0.0607. The SMILES string of the molecule is C=C1CC[C@@]2(O)CC12C/C=C1\CCC[C@]2(C)[C@@H]([C@H](C)/C=C/[C@@](C)(O)C(C)C)CC[C@@H]12. The predicted octanol–water partition coefficient (Wildman–Crippen LogP) is 6.59. The molecular formula is C28H44O2. The largest absolute Gasteiger partial charge is 0.389 e. The Bertz CT molecular complexity index is 759. The lowest BCUT2D eigenvalue weighted by Crippen LogP contribution is -2.36. The molecule has 4 saturated carbocycles. The maximum Gasteiger partial charge on any atom is 0.0822 e. The molecule has 4 fully saturated rings. The fourth-order valence-electron chi connectivity index (χ4n) is 7.41. The van der Waals surface area contributed by atoms with E-state index in [9.17, 15) is 10.2 Å². The minimum atomic E-state index is -0.727. The second kappa shape index (κ2) is 7.34. The van der Waals surface area contributed by atoms with E-state index < -0.39 is 11.2 Å². The third-order valence-corrected chi connectivity index (χ3v) is 10.2. The van der Waals surface area contributed by atoms with Gasteiger partial charge in [-0.1, -0.05) is 63.6 Å². The average Bonchev–Trinajstić information content (AvgIpc) is 2.99. The first-order chi connectivity index (χ1) is 14.0. The smallest absolute Gasteiger partial charge is 0.0822 e. The number of fused-ring (bicyclic) bond motifs is 2. The summed E-state index contributed by atoms with van der Waals surface area (Å²) in [4.78, 5) is 0. The Balaban J connectivity index is 1.48. The van der Waals surface area contributed by atoms with Gasteiger partial charge in [-0.3, -0.25) is 0 Å². The fraction of sp³-hybridized carbons (Fsp3) is 0.786. The van der Waals surface area contributed by atoms with E-state index in [1.165, 1.54) is 37.7 Å². The van der Waals surface area contributed by atoms with E-state index in [0.29, 0.717) is 23.2 Å². The summed E-state index contributed by atoms with van der Waals surface area (Å²) in [5.74, 6) is 2.09. The molecule has 30 heavy (non-hydrogen) atoms. The first kappa shape index (κ1) is 22.3. The number of hydrogen-bond donors (Lipinski definition) is 2. The van der Waals surface area contributed by atoms with Gasteiger partial charge in [0, 0.05) is 5.41 Å². The number of hydrogen-bond acceptors (Lipinski definition) is 2. The summed E-state index contributed by atoms with van der Waals surface area (Å²) >= 11 is 0. The van der Waals surface area contributed by atoms with Crippen LogP contribution in [0, 0.1) is 34.5 Å². The van der Waals surface area contributed by atoms with Crippen LogP contribution >= 0.6 is 0 Å². The molecule has 1 unspecified atom stereocenters. The van der Waals surface area contributed by atoms with E-state index in [2.05, 4.69) is 52.5 Å². The Labute approximate surface area is 184 Å². The molecule has 0 bridgehead atoms. The van der Waals surface area contributed by atoms with Gasteiger partial charge in [0.05, 0.1) is 11.2 Å². The second-order valence-electron chi connectivity index (χ2n) is 12.1. The molecule has 4 aliphatic rings. The molecule has 0 heterocycles. The van der Waals surface area contributed by atoms with Crippen LogP contribution in [0.3, 0.4) is 0 Å². The molecule has 4 rings (SSSR count). The molecule has 2 N–H and O–H groups in total. The Morgan fingerprint density at radius 1 is 1.20 bits per heavy atom. The molecule has 0 radical (unpaired) electrons. The van der Waals surface area contributed by atoms with Gasteiger partial charge in [0.1, 0.15) is 0 Å². The molecule has 2 nitrogen and oxygen atoms in total. The molecule has 4 aliphatic carbocycles. The van der Waals surface area contributed by atoms with Crippen molar-refractivity contribution < 1.29 is 10.2 Å². The van der Waals surface area contributed by atoms with Gasteiger partial charge in [0.2, 0.25) is 0 Å². The van der Waals surface area contributed by atoms with Crippen LogP contribution in [0.2, 0.25) is 0 Å². The zero-order valence-corrected chi connectivity index (χ0v) is 20.0. The van der Waals surface area contributed by atoms with Crippen LogP contribution in [0.15, 0.2) is 36.0 Å². The quantitative estimate of drug-likeness (QED) is 0.483. The summed E-state index contributed by atoms with van der Waals surface area (Å²) in [5.41, 5.74) is 2.16. The normalized spacial score (nSPS) is 45.1. The summed E-state index contributed by atoms with van der Waals surface area (Å²) in [5, 5.41) is 21.5. The van der Waals surface area contributed by atoms with Gasteiger partial charge in [0.15, 0.2) is 0 Å². The molecule has 168 valence electrons. The van der Waals surface area contributed by atoms with E-state index in [0.717, 1.165) is 25.7 Å². The van der Waals surface area contributed by atoms with Crippen molar-refractivity contribution in [1.82, 2.24) is 0 Å². The molecule has 0 aromatic carbocycles. The summed E-state index contributed by atoms with van der Waals surface area (Å²) in [7, 11) is 0. The van der Waals surface area contributed by atoms with Gasteiger partial charge in [-0.25, -0.2) is 0 Å². The highest BCUT2D eigenvalue weighted by Crippen LogP contribution is 2.71. The van der Waals surface area contributed by atoms with Crippen molar-refractivity contribution in [1.29, 1.82) is 0 Å². The van der Waals surface area contributed by atoms with Gasteiger partial charge >= 0.3 is 0 Å². The first-order valence-corrected chi connectivity index (χ1v) is 12.5. The Morgan fingerprint density at radius 3 is 2.53 bits per heavy atom. The van der Waals surface area contributed by atoms with Gasteiger partial charge in [-0.15, -0.1) is 0 Å². The summed E-state index contributed by atoms with van der Waals surface area (Å²) < 4.78 is 0. The van der Waals surface area contributed by atoms with E-state index in [1.807, 2.05) is 6.92 Å². The predicted molar refractivity (Wildman–Crippen MR) is 125 cm³/mol. The van der Waals surface area contributed by atoms with E-state index in [1.54, 1.807) is 5.57 Å². The van der Waals surface area contributed by atoms with Gasteiger partial charge in [-0.2, -0.15) is 0 Å². The van der Waals surface area contributed by atoms with Crippen molar-refractivity contribution >= 4 is 0 Å². The maximum atomic E-state index is 10.8. The minimum Gasteiger partial charge on any atom is -0.389 e. The van der Waals surface area contributed by atoms with Crippen molar-refractivity contribution in [3.05, 3.63) is 36.0 Å². The maximum absolute atomic E-state index is 10.8. The van der Waals surface area contributed by atoms with Gasteiger partial charge in [0.25, 0.3) is 0 Å². The molecule has 2 heteroatoms. The van der Waals surface area contributed by atoms with Crippen LogP contribution in [0.5, 0.6) is 0 Å². The fourth-order valence-corrected chi connectivity index (χ4v) is 7.41. The van der Waals surface area contributed by atoms with Crippen LogP contribution in [0.25, 0.3) is 0 Å². The van der Waals surface area contributed by atoms with E-state index in [4.69, 9.17) is 0 Å². The molecule has 0 aromatic rings. The highest BCUT2D eigenvalue weighted by molar-refractivity contribution is 5.38. The minimum absolute atomic E-state index is 0.00428. The summed E-state index contributed by atoms with van der Waals surface area (Å²) in [6.07, 6.45) is 17.2. The molecule has 0 spiro atoms. The van der Waals surface area contributed by atoms with Crippen LogP contribution in [-0.4, -0.2) is 21.4 Å². The topological polar surface area (TPSA) is 40.5 Å². The Morgan fingerprint density at radius 2 is 1.93 bits per heavy atom. The van der Waals surface area contributed by atoms with Gasteiger partial charge < -0.3 is 10.2 Å². The zero-order valence-electron chi connectivity index (χ0n) is 20.0. The number of allylic oxidation sites excluding steroid dienone is 3. The standard InChI is InChI=1S/C28H44O2/c1-19(2)26(6,29)15-11-20(3)23-9-10-24-22(8-7-14-25(23,24)5)13-16-27-18-28(27,30)17-12-21(27)4/h11,13,15,19-20,23-24,29-30H,4,7-10,12,14,16-18H2,1-3,5-6H3/b15-11+,22-13+/t20-,23-,24+,25-,26-,27?,28-/m1/s1. The Kier molecular flexibility index (Phi) is 5.47. The third-order valence-electron chi connectivity index (χ3n) is 10.2. The van der Waals surface area contributed by atoms with Crippen LogP contribution < -0.4 is 0 Å². The van der Waals surface area contributed by atoms with Crippen LogP contribution in [-0.2, 0) is 0 Å². The third kappa shape index (κ3) is 3.37. The first-order valence-electron chi connectivity index (χ1n) is 12.5. The highest BCUT2D eigenvalue weighted by Gasteiger charge is 2.70. The molecule has 0 aliphatic heterocycles. The number of rotatable bonds is 6. The summed E-state index contributed by atoms with van der Waals surface area (Å²) in [6, 6.07) is 0. The van der Waals surface area contributed by atoms with Gasteiger partial charge in [-0.05, 0) is 93.8 Å².